The van der Waals surface area contributed by atoms with Crippen LogP contribution in [-0.4, -0.2) is 42.8 Å². The molecule has 0 N–H and O–H groups in total. The summed E-state index contributed by atoms with van der Waals surface area (Å²) >= 11 is 0. The number of hydrogen-bond donors (Lipinski definition) is 0. The van der Waals surface area contributed by atoms with E-state index in [4.69, 9.17) is 4.74 Å². The minimum absolute atomic E-state index is 0.260. The van der Waals surface area contributed by atoms with Gasteiger partial charge in [-0.05, 0) is 38.5 Å². The molecule has 0 spiro atoms. The zero-order valence-corrected chi connectivity index (χ0v) is 13.2. The van der Waals surface area contributed by atoms with Gasteiger partial charge in [-0.2, -0.15) is 0 Å². The SMILES string of the molecule is COc1cc(C)ccc1C(=O)CN1C(=O)C(C)(C)S1(=O)=O. The first-order chi connectivity index (χ1) is 9.62. The normalized spacial score (nSPS) is 19.0. The molecule has 1 fully saturated rings. The molecule has 1 aromatic rings. The number of ether oxygens (including phenoxy) is 1. The summed E-state index contributed by atoms with van der Waals surface area (Å²) in [6.07, 6.45) is 0. The zero-order chi connectivity index (χ0) is 16.0. The van der Waals surface area contributed by atoms with Crippen LogP contribution in [0, 0.1) is 6.92 Å². The Morgan fingerprint density at radius 3 is 2.48 bits per heavy atom. The van der Waals surface area contributed by atoms with Gasteiger partial charge in [0.05, 0.1) is 12.7 Å². The largest absolute Gasteiger partial charge is 0.496 e. The van der Waals surface area contributed by atoms with E-state index in [2.05, 4.69) is 0 Å². The molecule has 0 radical (unpaired) electrons. The van der Waals surface area contributed by atoms with E-state index in [1.54, 1.807) is 18.2 Å². The number of sulfonamides is 1. The fraction of sp³-hybridized carbons (Fsp3) is 0.429. The zero-order valence-electron chi connectivity index (χ0n) is 12.3. The molecule has 7 heteroatoms. The van der Waals surface area contributed by atoms with Gasteiger partial charge in [-0.1, -0.05) is 6.07 Å². The first kappa shape index (κ1) is 15.5. The molecule has 1 heterocycles. The molecule has 1 amide bonds. The highest BCUT2D eigenvalue weighted by molar-refractivity contribution is 7.94. The number of carbonyl (C=O) groups is 2. The molecule has 21 heavy (non-hydrogen) atoms. The molecule has 1 saturated heterocycles. The number of benzene rings is 1. The summed E-state index contributed by atoms with van der Waals surface area (Å²) in [5.74, 6) is -0.675. The summed E-state index contributed by atoms with van der Waals surface area (Å²) in [6, 6.07) is 4.98. The highest BCUT2D eigenvalue weighted by atomic mass is 32.2. The Hall–Kier alpha value is -1.89. The van der Waals surface area contributed by atoms with E-state index >= 15 is 0 Å². The maximum atomic E-state index is 12.2. The summed E-state index contributed by atoms with van der Waals surface area (Å²) in [4.78, 5) is 24.1. The molecule has 0 aliphatic carbocycles. The molecule has 0 unspecified atom stereocenters. The number of methoxy groups -OCH3 is 1. The summed E-state index contributed by atoms with van der Waals surface area (Å²) in [7, 11) is -2.33. The Morgan fingerprint density at radius 2 is 1.95 bits per heavy atom. The Morgan fingerprint density at radius 1 is 1.33 bits per heavy atom. The van der Waals surface area contributed by atoms with E-state index in [0.717, 1.165) is 5.56 Å². The van der Waals surface area contributed by atoms with Crippen molar-refractivity contribution < 1.29 is 22.7 Å². The van der Waals surface area contributed by atoms with Crippen LogP contribution < -0.4 is 4.74 Å². The van der Waals surface area contributed by atoms with Crippen LogP contribution in [0.1, 0.15) is 29.8 Å². The fourth-order valence-electron chi connectivity index (χ4n) is 2.16. The molecular formula is C14H17NO5S. The molecule has 0 aromatic heterocycles. The van der Waals surface area contributed by atoms with Crippen molar-refractivity contribution in [1.82, 2.24) is 4.31 Å². The van der Waals surface area contributed by atoms with Gasteiger partial charge in [0.25, 0.3) is 15.9 Å². The van der Waals surface area contributed by atoms with Crippen molar-refractivity contribution in [1.29, 1.82) is 0 Å². The predicted octanol–water partition coefficient (Wildman–Crippen LogP) is 1.14. The monoisotopic (exact) mass is 311 g/mol. The third-order valence-electron chi connectivity index (χ3n) is 3.62. The lowest BCUT2D eigenvalue weighted by molar-refractivity contribution is -0.131. The van der Waals surface area contributed by atoms with Crippen LogP contribution in [0.4, 0.5) is 0 Å². The van der Waals surface area contributed by atoms with Gasteiger partial charge < -0.3 is 4.74 Å². The van der Waals surface area contributed by atoms with E-state index < -0.39 is 33.0 Å². The van der Waals surface area contributed by atoms with Crippen LogP contribution in [-0.2, 0) is 14.8 Å². The van der Waals surface area contributed by atoms with Crippen LogP contribution in [0.25, 0.3) is 0 Å². The summed E-state index contributed by atoms with van der Waals surface area (Å²) in [5, 5.41) is 0. The van der Waals surface area contributed by atoms with Crippen molar-refractivity contribution >= 4 is 21.7 Å². The number of rotatable bonds is 4. The van der Waals surface area contributed by atoms with Gasteiger partial charge in [-0.3, -0.25) is 9.59 Å². The van der Waals surface area contributed by atoms with Crippen molar-refractivity contribution in [2.45, 2.75) is 25.5 Å². The number of amides is 1. The third kappa shape index (κ3) is 2.21. The van der Waals surface area contributed by atoms with Gasteiger partial charge >= 0.3 is 0 Å². The molecule has 2 rings (SSSR count). The molecule has 1 aliphatic rings. The lowest BCUT2D eigenvalue weighted by Crippen LogP contribution is -2.68. The predicted molar refractivity (Wildman–Crippen MR) is 76.8 cm³/mol. The van der Waals surface area contributed by atoms with Crippen LogP contribution in [0.2, 0.25) is 0 Å². The highest BCUT2D eigenvalue weighted by Crippen LogP contribution is 2.35. The van der Waals surface area contributed by atoms with Crippen LogP contribution in [0.3, 0.4) is 0 Å². The fourth-order valence-corrected chi connectivity index (χ4v) is 3.64. The Balaban J connectivity index is 2.27. The van der Waals surface area contributed by atoms with Crippen molar-refractivity contribution in [3.05, 3.63) is 29.3 Å². The minimum atomic E-state index is -3.76. The smallest absolute Gasteiger partial charge is 0.259 e. The van der Waals surface area contributed by atoms with E-state index in [0.29, 0.717) is 10.1 Å². The summed E-state index contributed by atoms with van der Waals surface area (Å²) in [5.41, 5.74) is 1.17. The van der Waals surface area contributed by atoms with Crippen LogP contribution in [0.15, 0.2) is 18.2 Å². The number of hydrogen-bond acceptors (Lipinski definition) is 5. The summed E-state index contributed by atoms with van der Waals surface area (Å²) < 4.78 is 28.2. The number of Topliss-reactive ketones (excluding diaryl/α,β-unsaturated/α-hetero) is 1. The average molecular weight is 311 g/mol. The van der Waals surface area contributed by atoms with Gasteiger partial charge in [-0.25, -0.2) is 12.7 Å². The number of aryl methyl sites for hydroxylation is 1. The lowest BCUT2D eigenvalue weighted by atomic mass is 10.1. The lowest BCUT2D eigenvalue weighted by Gasteiger charge is -2.42. The van der Waals surface area contributed by atoms with Crippen molar-refractivity contribution in [2.75, 3.05) is 13.7 Å². The van der Waals surface area contributed by atoms with Crippen molar-refractivity contribution in [3.63, 3.8) is 0 Å². The van der Waals surface area contributed by atoms with Gasteiger partial charge in [0.15, 0.2) is 10.5 Å². The van der Waals surface area contributed by atoms with Crippen molar-refractivity contribution in [2.24, 2.45) is 0 Å². The molecule has 1 aliphatic heterocycles. The van der Waals surface area contributed by atoms with E-state index in [-0.39, 0.29) is 5.56 Å². The van der Waals surface area contributed by atoms with Crippen molar-refractivity contribution in [3.8, 4) is 5.75 Å². The van der Waals surface area contributed by atoms with Crippen LogP contribution in [0.5, 0.6) is 5.75 Å². The van der Waals surface area contributed by atoms with E-state index in [1.807, 2.05) is 6.92 Å². The van der Waals surface area contributed by atoms with E-state index in [9.17, 15) is 18.0 Å². The van der Waals surface area contributed by atoms with E-state index in [1.165, 1.54) is 21.0 Å². The number of carbonyl (C=O) groups excluding carboxylic acids is 2. The number of nitrogens with zero attached hydrogens (tertiary/aromatic N) is 1. The topological polar surface area (TPSA) is 80.8 Å². The van der Waals surface area contributed by atoms with Gasteiger partial charge in [0, 0.05) is 0 Å². The first-order valence-corrected chi connectivity index (χ1v) is 7.81. The highest BCUT2D eigenvalue weighted by Gasteiger charge is 2.60. The first-order valence-electron chi connectivity index (χ1n) is 6.37. The van der Waals surface area contributed by atoms with Crippen LogP contribution >= 0.6 is 0 Å². The maximum Gasteiger partial charge on any atom is 0.259 e. The molecule has 114 valence electrons. The second-order valence-electron chi connectivity index (χ2n) is 5.45. The molecule has 1 aromatic carbocycles. The quantitative estimate of drug-likeness (QED) is 0.779. The molecular weight excluding hydrogens is 294 g/mol. The number of ketones is 1. The molecule has 6 nitrogen and oxygen atoms in total. The van der Waals surface area contributed by atoms with Gasteiger partial charge in [-0.15, -0.1) is 0 Å². The Bertz CT molecular complexity index is 721. The molecule has 0 bridgehead atoms. The molecule has 0 saturated carbocycles. The third-order valence-corrected chi connectivity index (χ3v) is 5.96. The Kier molecular flexibility index (Phi) is 3.57. The minimum Gasteiger partial charge on any atom is -0.496 e. The second kappa shape index (κ2) is 4.84. The van der Waals surface area contributed by atoms with Gasteiger partial charge in [0.2, 0.25) is 0 Å². The molecule has 0 atom stereocenters. The summed E-state index contributed by atoms with van der Waals surface area (Å²) in [6.45, 7) is 4.02. The Labute approximate surface area is 123 Å². The second-order valence-corrected chi connectivity index (χ2v) is 7.87. The average Bonchev–Trinajstić information content (AvgIpc) is 2.43. The maximum absolute atomic E-state index is 12.2. The standard InChI is InChI=1S/C14H17NO5S/c1-9-5-6-10(12(7-9)20-4)11(16)8-15-13(17)14(2,3)21(15,18)19/h5-7H,8H2,1-4H3. The van der Waals surface area contributed by atoms with Gasteiger partial charge in [0.1, 0.15) is 12.3 Å².